The lowest BCUT2D eigenvalue weighted by Crippen LogP contribution is -2.35. The van der Waals surface area contributed by atoms with Crippen molar-refractivity contribution in [2.45, 2.75) is 59.3 Å². The summed E-state index contributed by atoms with van der Waals surface area (Å²) < 4.78 is 0. The number of aliphatic carboxylic acids is 1. The number of carboxylic acid groups (broad SMARTS) is 1. The second kappa shape index (κ2) is 6.27. The molecule has 0 spiro atoms. The van der Waals surface area contributed by atoms with Crippen LogP contribution in [0.2, 0.25) is 0 Å². The van der Waals surface area contributed by atoms with E-state index in [-0.39, 0.29) is 11.3 Å². The number of rotatable bonds is 4. The first-order chi connectivity index (χ1) is 8.36. The Morgan fingerprint density at radius 1 is 1.39 bits per heavy atom. The highest BCUT2D eigenvalue weighted by Gasteiger charge is 2.38. The van der Waals surface area contributed by atoms with Gasteiger partial charge in [-0.05, 0) is 49.4 Å². The van der Waals surface area contributed by atoms with Gasteiger partial charge in [0.2, 0.25) is 0 Å². The lowest BCUT2D eigenvalue weighted by molar-refractivity contribution is -0.146. The maximum atomic E-state index is 11.3. The third kappa shape index (κ3) is 4.05. The van der Waals surface area contributed by atoms with Crippen molar-refractivity contribution < 1.29 is 9.90 Å². The predicted octanol–water partition coefficient (Wildman–Crippen LogP) is 3.95. The second-order valence-corrected chi connectivity index (χ2v) is 6.68. The number of carboxylic acids is 1. The largest absolute Gasteiger partial charge is 0.481 e. The summed E-state index contributed by atoms with van der Waals surface area (Å²) in [6.07, 6.45) is 10.9. The summed E-state index contributed by atoms with van der Waals surface area (Å²) in [6.45, 7) is 6.78. The second-order valence-electron chi connectivity index (χ2n) is 6.68. The zero-order chi connectivity index (χ0) is 13.8. The van der Waals surface area contributed by atoms with Crippen LogP contribution in [-0.4, -0.2) is 11.1 Å². The minimum absolute atomic E-state index is 0.152. The zero-order valence-corrected chi connectivity index (χ0v) is 11.9. The van der Waals surface area contributed by atoms with Crippen LogP contribution in [0.4, 0.5) is 0 Å². The van der Waals surface area contributed by atoms with E-state index in [0.717, 1.165) is 38.5 Å². The quantitative estimate of drug-likeness (QED) is 0.606. The molecule has 1 N–H and O–H groups in total. The van der Waals surface area contributed by atoms with Gasteiger partial charge >= 0.3 is 5.97 Å². The van der Waals surface area contributed by atoms with Gasteiger partial charge < -0.3 is 5.11 Å². The van der Waals surface area contributed by atoms with Gasteiger partial charge in [-0.3, -0.25) is 4.79 Å². The van der Waals surface area contributed by atoms with Gasteiger partial charge in [0.15, 0.2) is 0 Å². The summed E-state index contributed by atoms with van der Waals surface area (Å²) >= 11 is 0. The minimum atomic E-state index is -0.618. The molecular formula is C16H26O2. The monoisotopic (exact) mass is 250 g/mol. The van der Waals surface area contributed by atoms with Crippen LogP contribution >= 0.6 is 0 Å². The predicted molar refractivity (Wildman–Crippen MR) is 74.1 cm³/mol. The summed E-state index contributed by atoms with van der Waals surface area (Å²) in [6, 6.07) is 0. The molecule has 1 aliphatic carbocycles. The molecule has 0 aromatic heterocycles. The Labute approximate surface area is 111 Å². The summed E-state index contributed by atoms with van der Waals surface area (Å²) in [5, 5.41) is 9.31. The Balaban J connectivity index is 2.65. The molecule has 1 aliphatic rings. The summed E-state index contributed by atoms with van der Waals surface area (Å²) in [7, 11) is 0. The first-order valence-electron chi connectivity index (χ1n) is 7.02. The van der Waals surface area contributed by atoms with Gasteiger partial charge in [0.1, 0.15) is 0 Å². The molecular weight excluding hydrogens is 224 g/mol. The van der Waals surface area contributed by atoms with E-state index < -0.39 is 5.97 Å². The standard InChI is InChI=1S/C16H26O2/c1-5-6-7-8-12-11-13(16(2,3)4)9-10-14(12)15(17)18/h1,12-14H,6-11H2,2-4H3,(H,17,18). The first kappa shape index (κ1) is 15.1. The van der Waals surface area contributed by atoms with Crippen LogP contribution in [0.15, 0.2) is 0 Å². The van der Waals surface area contributed by atoms with E-state index in [2.05, 4.69) is 26.7 Å². The average molecular weight is 250 g/mol. The molecule has 0 aliphatic heterocycles. The maximum absolute atomic E-state index is 11.3. The fraction of sp³-hybridized carbons (Fsp3) is 0.812. The minimum Gasteiger partial charge on any atom is -0.481 e. The SMILES string of the molecule is C#CCCCC1CC(C(C)(C)C)CCC1C(=O)O. The van der Waals surface area contributed by atoms with E-state index in [9.17, 15) is 9.90 Å². The molecule has 1 saturated carbocycles. The zero-order valence-electron chi connectivity index (χ0n) is 11.9. The average Bonchev–Trinajstić information content (AvgIpc) is 2.27. The van der Waals surface area contributed by atoms with Crippen LogP contribution in [0.1, 0.15) is 59.3 Å². The fourth-order valence-electron chi connectivity index (χ4n) is 3.16. The molecule has 0 radical (unpaired) electrons. The molecule has 102 valence electrons. The van der Waals surface area contributed by atoms with Gasteiger partial charge in [-0.2, -0.15) is 0 Å². The summed E-state index contributed by atoms with van der Waals surface area (Å²) in [5.74, 6) is 2.83. The van der Waals surface area contributed by atoms with Crippen molar-refractivity contribution in [1.29, 1.82) is 0 Å². The number of hydrogen-bond acceptors (Lipinski definition) is 1. The summed E-state index contributed by atoms with van der Waals surface area (Å²) in [4.78, 5) is 11.3. The van der Waals surface area contributed by atoms with Crippen LogP contribution in [0, 0.1) is 35.5 Å². The fourth-order valence-corrected chi connectivity index (χ4v) is 3.16. The van der Waals surface area contributed by atoms with Gasteiger partial charge in [0.05, 0.1) is 5.92 Å². The third-order valence-corrected chi connectivity index (χ3v) is 4.42. The highest BCUT2D eigenvalue weighted by molar-refractivity contribution is 5.70. The molecule has 2 heteroatoms. The lowest BCUT2D eigenvalue weighted by atomic mass is 9.64. The molecule has 3 unspecified atom stereocenters. The van der Waals surface area contributed by atoms with Crippen molar-refractivity contribution in [1.82, 2.24) is 0 Å². The van der Waals surface area contributed by atoms with E-state index in [0.29, 0.717) is 11.8 Å². The normalized spacial score (nSPS) is 28.7. The Hall–Kier alpha value is -0.970. The number of unbranched alkanes of at least 4 members (excludes halogenated alkanes) is 1. The van der Waals surface area contributed by atoms with Gasteiger partial charge in [-0.25, -0.2) is 0 Å². The Morgan fingerprint density at radius 2 is 2.06 bits per heavy atom. The first-order valence-corrected chi connectivity index (χ1v) is 7.02. The molecule has 0 saturated heterocycles. The van der Waals surface area contributed by atoms with Gasteiger partial charge in [-0.1, -0.05) is 20.8 Å². The van der Waals surface area contributed by atoms with Crippen molar-refractivity contribution in [2.24, 2.45) is 23.2 Å². The molecule has 0 amide bonds. The third-order valence-electron chi connectivity index (χ3n) is 4.42. The highest BCUT2D eigenvalue weighted by atomic mass is 16.4. The van der Waals surface area contributed by atoms with Crippen molar-refractivity contribution >= 4 is 5.97 Å². The van der Waals surface area contributed by atoms with E-state index >= 15 is 0 Å². The van der Waals surface area contributed by atoms with E-state index in [1.54, 1.807) is 0 Å². The van der Waals surface area contributed by atoms with E-state index in [1.165, 1.54) is 0 Å². The maximum Gasteiger partial charge on any atom is 0.306 e. The van der Waals surface area contributed by atoms with Crippen LogP contribution in [0.25, 0.3) is 0 Å². The molecule has 3 atom stereocenters. The van der Waals surface area contributed by atoms with Crippen LogP contribution in [0.5, 0.6) is 0 Å². The molecule has 0 heterocycles. The lowest BCUT2D eigenvalue weighted by Gasteiger charge is -2.40. The topological polar surface area (TPSA) is 37.3 Å². The van der Waals surface area contributed by atoms with Crippen LogP contribution in [0.3, 0.4) is 0 Å². The molecule has 1 fully saturated rings. The number of hydrogen-bond donors (Lipinski definition) is 1. The van der Waals surface area contributed by atoms with Gasteiger partial charge in [0.25, 0.3) is 0 Å². The molecule has 1 rings (SSSR count). The van der Waals surface area contributed by atoms with Crippen LogP contribution < -0.4 is 0 Å². The summed E-state index contributed by atoms with van der Waals surface area (Å²) in [5.41, 5.74) is 0.286. The Bertz CT molecular complexity index is 319. The number of terminal acetylenes is 1. The van der Waals surface area contributed by atoms with Crippen molar-refractivity contribution in [2.75, 3.05) is 0 Å². The molecule has 0 aromatic rings. The smallest absolute Gasteiger partial charge is 0.306 e. The molecule has 18 heavy (non-hydrogen) atoms. The highest BCUT2D eigenvalue weighted by Crippen LogP contribution is 2.44. The molecule has 2 nitrogen and oxygen atoms in total. The van der Waals surface area contributed by atoms with E-state index in [1.807, 2.05) is 0 Å². The van der Waals surface area contributed by atoms with E-state index in [4.69, 9.17) is 6.42 Å². The van der Waals surface area contributed by atoms with Crippen molar-refractivity contribution in [3.63, 3.8) is 0 Å². The van der Waals surface area contributed by atoms with Crippen LogP contribution in [-0.2, 0) is 4.79 Å². The Morgan fingerprint density at radius 3 is 2.56 bits per heavy atom. The van der Waals surface area contributed by atoms with Crippen molar-refractivity contribution in [3.8, 4) is 12.3 Å². The van der Waals surface area contributed by atoms with Gasteiger partial charge in [0, 0.05) is 6.42 Å². The van der Waals surface area contributed by atoms with Gasteiger partial charge in [-0.15, -0.1) is 12.3 Å². The van der Waals surface area contributed by atoms with Crippen molar-refractivity contribution in [3.05, 3.63) is 0 Å². The number of carbonyl (C=O) groups is 1. The molecule has 0 bridgehead atoms. The molecule has 0 aromatic carbocycles. The Kier molecular flexibility index (Phi) is 5.26.